The number of nitrogens with zero attached hydrogens (tertiary/aromatic N) is 2. The van der Waals surface area contributed by atoms with E-state index in [1.165, 1.54) is 18.2 Å². The minimum atomic E-state index is -4.17. The Morgan fingerprint density at radius 3 is 1.98 bits per heavy atom. The number of fused-ring (bicyclic) bond motifs is 6. The summed E-state index contributed by atoms with van der Waals surface area (Å²) in [5.74, 6) is -3.63. The zero-order valence-corrected chi connectivity index (χ0v) is 33.3. The molecule has 0 bridgehead atoms. The lowest BCUT2D eigenvalue weighted by Gasteiger charge is -2.37. The van der Waals surface area contributed by atoms with Gasteiger partial charge in [0, 0.05) is 80.3 Å². The van der Waals surface area contributed by atoms with Crippen molar-refractivity contribution >= 4 is 45.7 Å². The highest BCUT2D eigenvalue weighted by molar-refractivity contribution is 7.85. The molecule has 314 valence electrons. The number of hydrogen-bond acceptors (Lipinski definition) is 12. The second-order valence-electron chi connectivity index (χ2n) is 15.3. The number of aromatic hydroxyl groups is 2. The first-order valence-electron chi connectivity index (χ1n) is 19.4. The standard InChI is InChI=1S/C41H46N4O13S/c1-45(20-5-21-59(54,55)56,18-3-16-42-35(48)6-2-7-38(51)58-44-36(49)14-15-37(44)50)19-4-17-43-39(52)26-8-11-34-31(25-26)40(53)57-41(34)32-12-9-29(46)23-27(32)22-28-24-30(47)10-13-33(28)41/h8-13,23-25H,2-7,14-22H2,1H3,(H4-,42,43,46,47,48,52,54,55,56)/p+1. The van der Waals surface area contributed by atoms with Gasteiger partial charge in [0.25, 0.3) is 27.8 Å². The smallest absolute Gasteiger partial charge is 0.340 e. The van der Waals surface area contributed by atoms with Crippen LogP contribution in [0, 0.1) is 0 Å². The predicted molar refractivity (Wildman–Crippen MR) is 208 cm³/mol. The van der Waals surface area contributed by atoms with Gasteiger partial charge in [0.1, 0.15) is 11.5 Å². The van der Waals surface area contributed by atoms with E-state index >= 15 is 0 Å². The molecule has 18 heteroatoms. The van der Waals surface area contributed by atoms with Gasteiger partial charge in [-0.15, -0.1) is 5.06 Å². The highest BCUT2D eigenvalue weighted by atomic mass is 32.2. The summed E-state index contributed by atoms with van der Waals surface area (Å²) in [6, 6.07) is 14.5. The number of carbonyl (C=O) groups is 6. The summed E-state index contributed by atoms with van der Waals surface area (Å²) in [6.45, 7) is 2.00. The van der Waals surface area contributed by atoms with Crippen LogP contribution in [-0.4, -0.2) is 114 Å². The number of phenolic OH excluding ortho intramolecular Hbond substituents is 2. The summed E-state index contributed by atoms with van der Waals surface area (Å²) >= 11 is 0. The first-order chi connectivity index (χ1) is 28.0. The SMILES string of the molecule is C[N+](CCCNC(=O)CCCC(=O)ON1C(=O)CCC1=O)(CCCNC(=O)c1ccc2c(c1)C(=O)OC21c2ccc(O)cc2Cc2cc(O)ccc21)CCCS(=O)(=O)O. The molecule has 1 atom stereocenters. The van der Waals surface area contributed by atoms with E-state index in [0.29, 0.717) is 71.7 Å². The van der Waals surface area contributed by atoms with Crippen LogP contribution in [-0.2, 0) is 50.9 Å². The number of benzene rings is 3. The number of esters is 1. The van der Waals surface area contributed by atoms with E-state index in [1.807, 2.05) is 7.05 Å². The zero-order chi connectivity index (χ0) is 42.5. The van der Waals surface area contributed by atoms with Crippen molar-refractivity contribution < 1.29 is 66.0 Å². The molecule has 4 amide bonds. The Morgan fingerprint density at radius 1 is 0.797 bits per heavy atom. The molecule has 2 aliphatic heterocycles. The fourth-order valence-corrected chi connectivity index (χ4v) is 8.50. The molecule has 0 radical (unpaired) electrons. The van der Waals surface area contributed by atoms with Crippen LogP contribution in [0.4, 0.5) is 0 Å². The van der Waals surface area contributed by atoms with Gasteiger partial charge in [-0.3, -0.25) is 23.7 Å². The number of nitrogens with one attached hydrogen (secondary N) is 2. The Morgan fingerprint density at radius 2 is 1.37 bits per heavy atom. The quantitative estimate of drug-likeness (QED) is 0.0408. The summed E-state index contributed by atoms with van der Waals surface area (Å²) < 4.78 is 38.7. The summed E-state index contributed by atoms with van der Waals surface area (Å²) in [6.07, 6.45) is 1.57. The van der Waals surface area contributed by atoms with Crippen LogP contribution >= 0.6 is 0 Å². The Balaban J connectivity index is 1.02. The molecule has 1 unspecified atom stereocenters. The van der Waals surface area contributed by atoms with Crippen LogP contribution in [0.3, 0.4) is 0 Å². The summed E-state index contributed by atoms with van der Waals surface area (Å²) in [5.41, 5.74) is 2.43. The largest absolute Gasteiger partial charge is 0.508 e. The lowest BCUT2D eigenvalue weighted by molar-refractivity contribution is -0.909. The maximum atomic E-state index is 13.5. The molecule has 17 nitrogen and oxygen atoms in total. The van der Waals surface area contributed by atoms with Crippen molar-refractivity contribution in [3.8, 4) is 11.5 Å². The van der Waals surface area contributed by atoms with E-state index in [1.54, 1.807) is 36.4 Å². The molecule has 5 N–H and O–H groups in total. The Labute approximate surface area is 340 Å². The van der Waals surface area contributed by atoms with Crippen LogP contribution in [0.25, 0.3) is 0 Å². The highest BCUT2D eigenvalue weighted by Crippen LogP contribution is 2.53. The number of ether oxygens (including phenoxy) is 1. The van der Waals surface area contributed by atoms with Gasteiger partial charge in [-0.25, -0.2) is 9.59 Å². The van der Waals surface area contributed by atoms with Crippen molar-refractivity contribution in [2.24, 2.45) is 0 Å². The second-order valence-corrected chi connectivity index (χ2v) is 16.9. The van der Waals surface area contributed by atoms with Crippen LogP contribution in [0.5, 0.6) is 11.5 Å². The van der Waals surface area contributed by atoms with Crippen molar-refractivity contribution in [2.45, 2.75) is 63.4 Å². The van der Waals surface area contributed by atoms with E-state index in [-0.39, 0.29) is 73.6 Å². The maximum Gasteiger partial charge on any atom is 0.340 e. The van der Waals surface area contributed by atoms with Gasteiger partial charge in [-0.2, -0.15) is 8.42 Å². The maximum absolute atomic E-state index is 13.5. The first-order valence-corrected chi connectivity index (χ1v) is 21.0. The molecule has 1 saturated heterocycles. The molecular weight excluding hydrogens is 789 g/mol. The molecule has 6 rings (SSSR count). The van der Waals surface area contributed by atoms with Crippen LogP contribution in [0.15, 0.2) is 54.6 Å². The number of amides is 4. The van der Waals surface area contributed by atoms with Gasteiger partial charge in [-0.1, -0.05) is 18.2 Å². The van der Waals surface area contributed by atoms with Gasteiger partial charge in [0.15, 0.2) is 5.60 Å². The van der Waals surface area contributed by atoms with E-state index in [2.05, 4.69) is 10.6 Å². The molecule has 2 heterocycles. The fourth-order valence-electron chi connectivity index (χ4n) is 8.00. The lowest BCUT2D eigenvalue weighted by Crippen LogP contribution is -2.48. The Bertz CT molecular complexity index is 2230. The molecule has 1 aliphatic carbocycles. The first kappa shape index (κ1) is 42.7. The fraction of sp³-hybridized carbons (Fsp3) is 0.415. The van der Waals surface area contributed by atoms with E-state index in [0.717, 1.165) is 11.1 Å². The summed E-state index contributed by atoms with van der Waals surface area (Å²) in [7, 11) is -2.26. The molecule has 3 aromatic carbocycles. The third-order valence-electron chi connectivity index (χ3n) is 10.9. The minimum absolute atomic E-state index is 0.0160. The second kappa shape index (κ2) is 17.6. The van der Waals surface area contributed by atoms with E-state index in [4.69, 9.17) is 9.57 Å². The number of carbonyl (C=O) groups excluding carboxylic acids is 6. The van der Waals surface area contributed by atoms with Crippen molar-refractivity contribution in [1.82, 2.24) is 15.7 Å². The predicted octanol–water partition coefficient (Wildman–Crippen LogP) is 2.59. The van der Waals surface area contributed by atoms with Crippen LogP contribution < -0.4 is 10.6 Å². The molecule has 59 heavy (non-hydrogen) atoms. The third kappa shape index (κ3) is 9.89. The number of quaternary nitrogens is 1. The van der Waals surface area contributed by atoms with Crippen molar-refractivity contribution in [2.75, 3.05) is 45.5 Å². The van der Waals surface area contributed by atoms with Gasteiger partial charge in [0.05, 0.1) is 38.0 Å². The molecular formula is C41H47N4O13S+. The average Bonchev–Trinajstić information content (AvgIpc) is 3.64. The normalized spacial score (nSPS) is 16.2. The zero-order valence-electron chi connectivity index (χ0n) is 32.5. The monoisotopic (exact) mass is 835 g/mol. The average molecular weight is 836 g/mol. The molecule has 0 aromatic heterocycles. The molecule has 1 fully saturated rings. The van der Waals surface area contributed by atoms with Crippen LogP contribution in [0.2, 0.25) is 0 Å². The highest BCUT2D eigenvalue weighted by Gasteiger charge is 2.52. The van der Waals surface area contributed by atoms with Gasteiger partial charge < -0.3 is 34.9 Å². The topological polar surface area (TPSA) is 243 Å². The van der Waals surface area contributed by atoms with Crippen molar-refractivity contribution in [3.05, 3.63) is 93.5 Å². The third-order valence-corrected chi connectivity index (χ3v) is 11.7. The molecule has 0 saturated carbocycles. The number of hydroxylamine groups is 2. The van der Waals surface area contributed by atoms with Gasteiger partial charge in [-0.05, 0) is 60.4 Å². The Hall–Kier alpha value is -5.85. The van der Waals surface area contributed by atoms with Gasteiger partial charge in [0.2, 0.25) is 5.91 Å². The summed E-state index contributed by atoms with van der Waals surface area (Å²) in [4.78, 5) is 79.3. The number of imide groups is 1. The van der Waals surface area contributed by atoms with Crippen molar-refractivity contribution in [3.63, 3.8) is 0 Å². The minimum Gasteiger partial charge on any atom is -0.508 e. The van der Waals surface area contributed by atoms with E-state index < -0.39 is 51.1 Å². The molecule has 3 aromatic rings. The number of rotatable bonds is 18. The van der Waals surface area contributed by atoms with Crippen molar-refractivity contribution in [1.29, 1.82) is 0 Å². The summed E-state index contributed by atoms with van der Waals surface area (Å²) in [5, 5.41) is 26.6. The molecule has 3 aliphatic rings. The van der Waals surface area contributed by atoms with Crippen LogP contribution in [0.1, 0.15) is 99.9 Å². The lowest BCUT2D eigenvalue weighted by atomic mass is 9.71. The number of phenols is 2. The number of hydrogen-bond donors (Lipinski definition) is 5. The van der Waals surface area contributed by atoms with Gasteiger partial charge >= 0.3 is 11.9 Å². The van der Waals surface area contributed by atoms with E-state index in [9.17, 15) is 52.0 Å². The Kier molecular flexibility index (Phi) is 12.7. The molecule has 1 spiro atoms.